The quantitative estimate of drug-likeness (QED) is 0.826. The number of benzene rings is 2. The lowest BCUT2D eigenvalue weighted by Gasteiger charge is -2.07. The first kappa shape index (κ1) is 16.7. The van der Waals surface area contributed by atoms with Crippen molar-refractivity contribution in [2.45, 2.75) is 0 Å². The van der Waals surface area contributed by atoms with Gasteiger partial charge in [0.15, 0.2) is 0 Å². The van der Waals surface area contributed by atoms with Crippen LogP contribution in [-0.4, -0.2) is 18.4 Å². The fourth-order valence-corrected chi connectivity index (χ4v) is 1.91. The minimum Gasteiger partial charge on any atom is -0.343 e. The Balaban J connectivity index is 1.82. The number of hydrogen-bond donors (Lipinski definition) is 2. The second kappa shape index (κ2) is 8.10. The molecular weight excluding hydrogens is 319 g/mol. The summed E-state index contributed by atoms with van der Waals surface area (Å²) in [4.78, 5) is 23.3. The minimum absolute atomic E-state index is 0.00785. The molecule has 2 amide bonds. The summed E-state index contributed by atoms with van der Waals surface area (Å²) in [5, 5.41) is 5.01. The molecule has 0 aromatic heterocycles. The number of nitrogens with one attached hydrogen (secondary N) is 2. The molecule has 2 aromatic carbocycles. The molecule has 4 nitrogen and oxygen atoms in total. The van der Waals surface area contributed by atoms with Crippen molar-refractivity contribution in [2.24, 2.45) is 0 Å². The molecule has 0 unspecified atom stereocenters. The van der Waals surface area contributed by atoms with Crippen molar-refractivity contribution < 1.29 is 14.0 Å². The van der Waals surface area contributed by atoms with Crippen molar-refractivity contribution in [3.05, 3.63) is 71.0 Å². The van der Waals surface area contributed by atoms with E-state index in [1.165, 1.54) is 18.2 Å². The number of anilines is 1. The number of amides is 2. The molecule has 2 N–H and O–H groups in total. The predicted octanol–water partition coefficient (Wildman–Crippen LogP) is 3.25. The van der Waals surface area contributed by atoms with Gasteiger partial charge in [0.05, 0.1) is 12.2 Å². The molecule has 0 aliphatic carbocycles. The molecule has 0 atom stereocenters. The smallest absolute Gasteiger partial charge is 0.244 e. The van der Waals surface area contributed by atoms with Crippen LogP contribution in [0.5, 0.6) is 0 Å². The summed E-state index contributed by atoms with van der Waals surface area (Å²) in [5.74, 6) is -1.59. The van der Waals surface area contributed by atoms with Crippen LogP contribution in [0.1, 0.15) is 5.56 Å². The van der Waals surface area contributed by atoms with E-state index in [0.29, 0.717) is 0 Å². The monoisotopic (exact) mass is 332 g/mol. The first-order valence-corrected chi connectivity index (χ1v) is 7.18. The highest BCUT2D eigenvalue weighted by Gasteiger charge is 2.08. The normalized spacial score (nSPS) is 10.5. The third-order valence-electron chi connectivity index (χ3n) is 2.86. The third-order valence-corrected chi connectivity index (χ3v) is 3.09. The summed E-state index contributed by atoms with van der Waals surface area (Å²) in [5.41, 5.74) is 0.879. The summed E-state index contributed by atoms with van der Waals surface area (Å²) < 4.78 is 13.5. The van der Waals surface area contributed by atoms with E-state index in [1.54, 1.807) is 6.08 Å². The van der Waals surface area contributed by atoms with E-state index < -0.39 is 17.6 Å². The van der Waals surface area contributed by atoms with Crippen molar-refractivity contribution in [3.8, 4) is 0 Å². The van der Waals surface area contributed by atoms with Gasteiger partial charge in [-0.15, -0.1) is 0 Å². The van der Waals surface area contributed by atoms with Crippen LogP contribution in [0.15, 0.2) is 54.6 Å². The number of hydrogen-bond acceptors (Lipinski definition) is 2. The van der Waals surface area contributed by atoms with Gasteiger partial charge in [0.1, 0.15) is 5.82 Å². The van der Waals surface area contributed by atoms with E-state index in [4.69, 9.17) is 11.6 Å². The molecule has 2 aromatic rings. The van der Waals surface area contributed by atoms with Gasteiger partial charge in [0.25, 0.3) is 0 Å². The lowest BCUT2D eigenvalue weighted by Crippen LogP contribution is -2.31. The van der Waals surface area contributed by atoms with E-state index >= 15 is 0 Å². The molecule has 0 fully saturated rings. The average Bonchev–Trinajstić information content (AvgIpc) is 2.54. The number of carbonyl (C=O) groups is 2. The maximum Gasteiger partial charge on any atom is 0.244 e. The second-order valence-corrected chi connectivity index (χ2v) is 5.07. The number of carbonyl (C=O) groups excluding carboxylic acids is 2. The Kier molecular flexibility index (Phi) is 5.88. The van der Waals surface area contributed by atoms with Gasteiger partial charge in [-0.25, -0.2) is 4.39 Å². The van der Waals surface area contributed by atoms with Crippen LogP contribution in [0, 0.1) is 5.82 Å². The van der Waals surface area contributed by atoms with Crippen LogP contribution in [0.3, 0.4) is 0 Å². The Bertz CT molecular complexity index is 733. The summed E-state index contributed by atoms with van der Waals surface area (Å²) in [6, 6.07) is 13.2. The Morgan fingerprint density at radius 3 is 2.57 bits per heavy atom. The average molecular weight is 333 g/mol. The molecule has 0 saturated heterocycles. The number of rotatable bonds is 5. The SMILES string of the molecule is O=C(/C=C/c1ccccc1)NCC(=O)Nc1ccc(Cl)cc1F. The highest BCUT2D eigenvalue weighted by molar-refractivity contribution is 6.30. The van der Waals surface area contributed by atoms with Gasteiger partial charge in [-0.2, -0.15) is 0 Å². The van der Waals surface area contributed by atoms with Gasteiger partial charge in [0.2, 0.25) is 11.8 Å². The summed E-state index contributed by atoms with van der Waals surface area (Å²) in [7, 11) is 0. The molecular formula is C17H14ClFN2O2. The maximum absolute atomic E-state index is 13.5. The Hall–Kier alpha value is -2.66. The summed E-state index contributed by atoms with van der Waals surface area (Å²) >= 11 is 5.62. The van der Waals surface area contributed by atoms with Gasteiger partial charge in [-0.3, -0.25) is 9.59 Å². The van der Waals surface area contributed by atoms with Crippen molar-refractivity contribution in [1.29, 1.82) is 0 Å². The maximum atomic E-state index is 13.5. The molecule has 0 spiro atoms. The Morgan fingerprint density at radius 2 is 1.87 bits per heavy atom. The molecule has 0 saturated carbocycles. The molecule has 0 heterocycles. The molecule has 0 radical (unpaired) electrons. The zero-order valence-electron chi connectivity index (χ0n) is 12.1. The zero-order chi connectivity index (χ0) is 16.7. The molecule has 6 heteroatoms. The van der Waals surface area contributed by atoms with Gasteiger partial charge < -0.3 is 10.6 Å². The van der Waals surface area contributed by atoms with E-state index in [2.05, 4.69) is 10.6 Å². The van der Waals surface area contributed by atoms with Crippen molar-refractivity contribution in [3.63, 3.8) is 0 Å². The van der Waals surface area contributed by atoms with Crippen LogP contribution in [0.2, 0.25) is 5.02 Å². The van der Waals surface area contributed by atoms with E-state index in [-0.39, 0.29) is 17.3 Å². The fourth-order valence-electron chi connectivity index (χ4n) is 1.75. The second-order valence-electron chi connectivity index (χ2n) is 4.63. The van der Waals surface area contributed by atoms with Crippen molar-refractivity contribution >= 4 is 35.2 Å². The molecule has 0 bridgehead atoms. The zero-order valence-corrected chi connectivity index (χ0v) is 12.8. The molecule has 118 valence electrons. The Morgan fingerprint density at radius 1 is 1.13 bits per heavy atom. The fraction of sp³-hybridized carbons (Fsp3) is 0.0588. The van der Waals surface area contributed by atoms with Crippen LogP contribution in [-0.2, 0) is 9.59 Å². The van der Waals surface area contributed by atoms with Gasteiger partial charge >= 0.3 is 0 Å². The largest absolute Gasteiger partial charge is 0.343 e. The predicted molar refractivity (Wildman–Crippen MR) is 88.5 cm³/mol. The standard InChI is InChI=1S/C17H14ClFN2O2/c18-13-7-8-15(14(19)10-13)21-17(23)11-20-16(22)9-6-12-4-2-1-3-5-12/h1-10H,11H2,(H,20,22)(H,21,23)/b9-6+. The van der Waals surface area contributed by atoms with Crippen LogP contribution < -0.4 is 10.6 Å². The molecule has 0 aliphatic heterocycles. The summed E-state index contributed by atoms with van der Waals surface area (Å²) in [6.45, 7) is -0.264. The third kappa shape index (κ3) is 5.56. The van der Waals surface area contributed by atoms with Crippen molar-refractivity contribution in [2.75, 3.05) is 11.9 Å². The van der Waals surface area contributed by atoms with E-state index in [9.17, 15) is 14.0 Å². The van der Waals surface area contributed by atoms with Crippen LogP contribution in [0.25, 0.3) is 6.08 Å². The highest BCUT2D eigenvalue weighted by Crippen LogP contribution is 2.18. The Labute approximate surface area is 138 Å². The lowest BCUT2D eigenvalue weighted by atomic mass is 10.2. The molecule has 2 rings (SSSR count). The van der Waals surface area contributed by atoms with Gasteiger partial charge in [0, 0.05) is 11.1 Å². The first-order valence-electron chi connectivity index (χ1n) is 6.80. The lowest BCUT2D eigenvalue weighted by molar-refractivity contribution is -0.121. The number of halogens is 2. The first-order chi connectivity index (χ1) is 11.0. The highest BCUT2D eigenvalue weighted by atomic mass is 35.5. The van der Waals surface area contributed by atoms with Crippen LogP contribution >= 0.6 is 11.6 Å². The van der Waals surface area contributed by atoms with Crippen LogP contribution in [0.4, 0.5) is 10.1 Å². The topological polar surface area (TPSA) is 58.2 Å². The van der Waals surface area contributed by atoms with Gasteiger partial charge in [-0.1, -0.05) is 41.9 Å². The minimum atomic E-state index is -0.638. The summed E-state index contributed by atoms with van der Waals surface area (Å²) in [6.07, 6.45) is 2.96. The van der Waals surface area contributed by atoms with Gasteiger partial charge in [-0.05, 0) is 29.8 Å². The molecule has 0 aliphatic rings. The van der Waals surface area contributed by atoms with E-state index in [0.717, 1.165) is 11.6 Å². The van der Waals surface area contributed by atoms with E-state index in [1.807, 2.05) is 30.3 Å². The van der Waals surface area contributed by atoms with Crippen molar-refractivity contribution in [1.82, 2.24) is 5.32 Å². The molecule has 23 heavy (non-hydrogen) atoms.